The van der Waals surface area contributed by atoms with E-state index in [1.807, 2.05) is 6.07 Å². The van der Waals surface area contributed by atoms with Crippen molar-refractivity contribution in [3.8, 4) is 0 Å². The molecule has 0 amide bonds. The van der Waals surface area contributed by atoms with Crippen molar-refractivity contribution in [3.05, 3.63) is 29.3 Å². The molecule has 2 rings (SSSR count). The van der Waals surface area contributed by atoms with Crippen molar-refractivity contribution in [2.75, 3.05) is 11.4 Å². The molecule has 0 spiro atoms. The summed E-state index contributed by atoms with van der Waals surface area (Å²) in [6.45, 7) is 7.72. The lowest BCUT2D eigenvalue weighted by Crippen LogP contribution is -2.36. The number of anilines is 1. The molecule has 3 nitrogen and oxygen atoms in total. The molecule has 1 aliphatic carbocycles. The zero-order chi connectivity index (χ0) is 15.4. The lowest BCUT2D eigenvalue weighted by atomic mass is 10.0. The van der Waals surface area contributed by atoms with Crippen molar-refractivity contribution in [1.82, 2.24) is 0 Å². The third kappa shape index (κ3) is 3.99. The Kier molecular flexibility index (Phi) is 5.27. The van der Waals surface area contributed by atoms with E-state index in [0.717, 1.165) is 17.8 Å². The van der Waals surface area contributed by atoms with E-state index in [9.17, 15) is 0 Å². The second kappa shape index (κ2) is 6.97. The Hall–Kier alpha value is -1.51. The van der Waals surface area contributed by atoms with Gasteiger partial charge in [-0.15, -0.1) is 0 Å². The Bertz CT molecular complexity index is 487. The number of nitrogen functional groups attached to an aromatic ring is 1. The van der Waals surface area contributed by atoms with Gasteiger partial charge in [0.1, 0.15) is 5.84 Å². The van der Waals surface area contributed by atoms with Gasteiger partial charge in [0.05, 0.1) is 0 Å². The molecule has 0 radical (unpaired) electrons. The van der Waals surface area contributed by atoms with Crippen LogP contribution in [0, 0.1) is 18.3 Å². The fourth-order valence-electron chi connectivity index (χ4n) is 3.22. The number of nitrogens with zero attached hydrogens (tertiary/aromatic N) is 1. The van der Waals surface area contributed by atoms with Gasteiger partial charge in [0.2, 0.25) is 0 Å². The van der Waals surface area contributed by atoms with Crippen molar-refractivity contribution in [2.24, 2.45) is 11.7 Å². The minimum atomic E-state index is 0.178. The number of aryl methyl sites for hydroxylation is 1. The Morgan fingerprint density at radius 1 is 1.33 bits per heavy atom. The summed E-state index contributed by atoms with van der Waals surface area (Å²) in [4.78, 5) is 2.52. The number of rotatable bonds is 6. The van der Waals surface area contributed by atoms with Crippen LogP contribution in [-0.4, -0.2) is 18.4 Å². The highest BCUT2D eigenvalue weighted by Crippen LogP contribution is 2.31. The summed E-state index contributed by atoms with van der Waals surface area (Å²) in [5.41, 5.74) is 9.10. The summed E-state index contributed by atoms with van der Waals surface area (Å²) in [5, 5.41) is 7.88. The monoisotopic (exact) mass is 287 g/mol. The molecule has 0 atom stereocenters. The molecule has 3 heteroatoms. The van der Waals surface area contributed by atoms with Gasteiger partial charge < -0.3 is 10.6 Å². The van der Waals surface area contributed by atoms with Crippen molar-refractivity contribution in [3.63, 3.8) is 0 Å². The van der Waals surface area contributed by atoms with Gasteiger partial charge >= 0.3 is 0 Å². The molecule has 1 saturated carbocycles. The second-order valence-electron chi connectivity index (χ2n) is 6.75. The predicted octanol–water partition coefficient (Wildman–Crippen LogP) is 4.07. The first-order valence-electron chi connectivity index (χ1n) is 8.20. The molecule has 1 aromatic carbocycles. The average molecular weight is 287 g/mol. The predicted molar refractivity (Wildman–Crippen MR) is 91.3 cm³/mol. The van der Waals surface area contributed by atoms with E-state index in [-0.39, 0.29) is 5.84 Å². The SMILES string of the molecule is Cc1ccc(C(=N)N)c(N(CCC(C)C)C2CCCC2)c1. The number of nitrogens with one attached hydrogen (secondary N) is 1. The average Bonchev–Trinajstić information content (AvgIpc) is 2.92. The fourth-order valence-corrected chi connectivity index (χ4v) is 3.22. The van der Waals surface area contributed by atoms with Crippen LogP contribution in [0.5, 0.6) is 0 Å². The highest BCUT2D eigenvalue weighted by Gasteiger charge is 2.25. The molecule has 0 unspecified atom stereocenters. The molecular formula is C18H29N3. The van der Waals surface area contributed by atoms with Crippen molar-refractivity contribution in [1.29, 1.82) is 5.41 Å². The van der Waals surface area contributed by atoms with Gasteiger partial charge in [0.25, 0.3) is 0 Å². The van der Waals surface area contributed by atoms with Crippen molar-refractivity contribution in [2.45, 2.75) is 58.9 Å². The van der Waals surface area contributed by atoms with E-state index in [1.165, 1.54) is 37.7 Å². The Labute approximate surface area is 129 Å². The normalized spacial score (nSPS) is 15.6. The van der Waals surface area contributed by atoms with Crippen LogP contribution >= 0.6 is 0 Å². The summed E-state index contributed by atoms with van der Waals surface area (Å²) >= 11 is 0. The molecule has 116 valence electrons. The number of amidine groups is 1. The minimum absolute atomic E-state index is 0.178. The maximum absolute atomic E-state index is 7.88. The van der Waals surface area contributed by atoms with Crippen molar-refractivity contribution < 1.29 is 0 Å². The molecule has 0 aliphatic heterocycles. The van der Waals surface area contributed by atoms with Crippen LogP contribution in [0.3, 0.4) is 0 Å². The maximum atomic E-state index is 7.88. The van der Waals surface area contributed by atoms with Crippen LogP contribution in [0.1, 0.15) is 57.1 Å². The van der Waals surface area contributed by atoms with Crippen LogP contribution in [0.25, 0.3) is 0 Å². The molecular weight excluding hydrogens is 258 g/mol. The Morgan fingerprint density at radius 3 is 2.57 bits per heavy atom. The maximum Gasteiger partial charge on any atom is 0.124 e. The zero-order valence-corrected chi connectivity index (χ0v) is 13.7. The van der Waals surface area contributed by atoms with E-state index >= 15 is 0 Å². The first-order chi connectivity index (χ1) is 9.99. The molecule has 21 heavy (non-hydrogen) atoms. The third-order valence-corrected chi connectivity index (χ3v) is 4.47. The highest BCUT2D eigenvalue weighted by molar-refractivity contribution is 6.00. The van der Waals surface area contributed by atoms with Crippen LogP contribution in [-0.2, 0) is 0 Å². The zero-order valence-electron chi connectivity index (χ0n) is 13.7. The topological polar surface area (TPSA) is 53.1 Å². The van der Waals surface area contributed by atoms with Crippen LogP contribution in [0.2, 0.25) is 0 Å². The summed E-state index contributed by atoms with van der Waals surface area (Å²) in [6.07, 6.45) is 6.36. The number of benzene rings is 1. The van der Waals surface area contributed by atoms with E-state index in [2.05, 4.69) is 37.8 Å². The van der Waals surface area contributed by atoms with Gasteiger partial charge in [-0.1, -0.05) is 32.8 Å². The van der Waals surface area contributed by atoms with Gasteiger partial charge in [-0.05, 0) is 49.8 Å². The van der Waals surface area contributed by atoms with E-state index in [4.69, 9.17) is 11.1 Å². The van der Waals surface area contributed by atoms with Crippen LogP contribution < -0.4 is 10.6 Å². The second-order valence-corrected chi connectivity index (χ2v) is 6.75. The van der Waals surface area contributed by atoms with Crippen molar-refractivity contribution >= 4 is 11.5 Å². The largest absolute Gasteiger partial charge is 0.384 e. The fraction of sp³-hybridized carbons (Fsp3) is 0.611. The molecule has 1 aliphatic rings. The third-order valence-electron chi connectivity index (χ3n) is 4.47. The highest BCUT2D eigenvalue weighted by atomic mass is 15.2. The summed E-state index contributed by atoms with van der Waals surface area (Å²) < 4.78 is 0. The van der Waals surface area contributed by atoms with Crippen LogP contribution in [0.15, 0.2) is 18.2 Å². The van der Waals surface area contributed by atoms with Gasteiger partial charge in [-0.25, -0.2) is 0 Å². The molecule has 0 bridgehead atoms. The van der Waals surface area contributed by atoms with Gasteiger partial charge in [0, 0.05) is 23.8 Å². The first-order valence-corrected chi connectivity index (χ1v) is 8.20. The molecule has 1 aromatic rings. The molecule has 1 fully saturated rings. The number of hydrogen-bond acceptors (Lipinski definition) is 2. The summed E-state index contributed by atoms with van der Waals surface area (Å²) in [7, 11) is 0. The van der Waals surface area contributed by atoms with E-state index in [1.54, 1.807) is 0 Å². The minimum Gasteiger partial charge on any atom is -0.384 e. The quantitative estimate of drug-likeness (QED) is 0.612. The van der Waals surface area contributed by atoms with E-state index in [0.29, 0.717) is 12.0 Å². The molecule has 0 heterocycles. The summed E-state index contributed by atoms with van der Waals surface area (Å²) in [6, 6.07) is 6.87. The number of nitrogens with two attached hydrogens (primary N) is 1. The Morgan fingerprint density at radius 2 is 2.00 bits per heavy atom. The summed E-state index contributed by atoms with van der Waals surface area (Å²) in [5.74, 6) is 0.872. The van der Waals surface area contributed by atoms with Crippen LogP contribution in [0.4, 0.5) is 5.69 Å². The standard InChI is InChI=1S/C18H29N3/c1-13(2)10-11-21(15-6-4-5-7-15)17-12-14(3)8-9-16(17)18(19)20/h8-9,12-13,15H,4-7,10-11H2,1-3H3,(H3,19,20). The van der Waals surface area contributed by atoms with E-state index < -0.39 is 0 Å². The van der Waals surface area contributed by atoms with Gasteiger partial charge in [-0.3, -0.25) is 5.41 Å². The molecule has 3 N–H and O–H groups in total. The smallest absolute Gasteiger partial charge is 0.124 e. The van der Waals surface area contributed by atoms with Gasteiger partial charge in [0.15, 0.2) is 0 Å². The number of hydrogen-bond donors (Lipinski definition) is 2. The Balaban J connectivity index is 2.34. The lowest BCUT2D eigenvalue weighted by molar-refractivity contribution is 0.528. The first kappa shape index (κ1) is 15.9. The van der Waals surface area contributed by atoms with Gasteiger partial charge in [-0.2, -0.15) is 0 Å². The molecule has 0 aromatic heterocycles. The molecule has 0 saturated heterocycles. The lowest BCUT2D eigenvalue weighted by Gasteiger charge is -2.33.